The van der Waals surface area contributed by atoms with Gasteiger partial charge in [-0.05, 0) is 42.9 Å². The van der Waals surface area contributed by atoms with Crippen LogP contribution in [0.3, 0.4) is 0 Å². The Morgan fingerprint density at radius 2 is 2.27 bits per heavy atom. The van der Waals surface area contributed by atoms with Gasteiger partial charge in [-0.1, -0.05) is 19.1 Å². The van der Waals surface area contributed by atoms with Crippen molar-refractivity contribution in [3.8, 4) is 5.75 Å². The molecule has 2 nitrogen and oxygen atoms in total. The predicted molar refractivity (Wildman–Crippen MR) is 61.7 cm³/mol. The van der Waals surface area contributed by atoms with E-state index in [9.17, 15) is 5.11 Å². The van der Waals surface area contributed by atoms with Gasteiger partial charge < -0.3 is 10.4 Å². The summed E-state index contributed by atoms with van der Waals surface area (Å²) in [6, 6.07) is 8.14. The lowest BCUT2D eigenvalue weighted by molar-refractivity contribution is 0.471. The van der Waals surface area contributed by atoms with Gasteiger partial charge in [0.1, 0.15) is 5.75 Å². The molecule has 1 aliphatic carbocycles. The Labute approximate surface area is 91.3 Å². The van der Waals surface area contributed by atoms with Gasteiger partial charge in [0.05, 0.1) is 0 Å². The minimum absolute atomic E-state index is 0.356. The average molecular weight is 205 g/mol. The van der Waals surface area contributed by atoms with Gasteiger partial charge in [0.15, 0.2) is 0 Å². The molecule has 0 amide bonds. The van der Waals surface area contributed by atoms with Gasteiger partial charge in [0.25, 0.3) is 0 Å². The first-order chi connectivity index (χ1) is 7.24. The molecule has 2 rings (SSSR count). The summed E-state index contributed by atoms with van der Waals surface area (Å²) in [7, 11) is 0. The van der Waals surface area contributed by atoms with Crippen LogP contribution < -0.4 is 5.32 Å². The lowest BCUT2D eigenvalue weighted by Gasteiger charge is -2.12. The van der Waals surface area contributed by atoms with E-state index in [2.05, 4.69) is 12.2 Å². The van der Waals surface area contributed by atoms with Gasteiger partial charge in [0.2, 0.25) is 0 Å². The van der Waals surface area contributed by atoms with Crippen molar-refractivity contribution in [2.75, 3.05) is 0 Å². The monoisotopic (exact) mass is 205 g/mol. The maximum atomic E-state index is 9.32. The fourth-order valence-corrected chi connectivity index (χ4v) is 2.32. The van der Waals surface area contributed by atoms with Crippen LogP contribution in [0.25, 0.3) is 0 Å². The molecule has 1 aliphatic rings. The van der Waals surface area contributed by atoms with Gasteiger partial charge in [-0.2, -0.15) is 0 Å². The molecular formula is C13H19NO. The van der Waals surface area contributed by atoms with Gasteiger partial charge >= 0.3 is 0 Å². The van der Waals surface area contributed by atoms with Crippen LogP contribution in [-0.2, 0) is 6.54 Å². The molecule has 15 heavy (non-hydrogen) atoms. The third-order valence-corrected chi connectivity index (χ3v) is 3.20. The summed E-state index contributed by atoms with van der Waals surface area (Å²) in [4.78, 5) is 0. The maximum Gasteiger partial charge on any atom is 0.115 e. The molecule has 1 aromatic carbocycles. The predicted octanol–water partition coefficient (Wildman–Crippen LogP) is 2.67. The number of benzene rings is 1. The molecule has 1 aromatic rings. The summed E-state index contributed by atoms with van der Waals surface area (Å²) in [5.41, 5.74) is 1.16. The van der Waals surface area contributed by atoms with Crippen LogP contribution in [0.15, 0.2) is 24.3 Å². The minimum Gasteiger partial charge on any atom is -0.508 e. The van der Waals surface area contributed by atoms with Gasteiger partial charge in [-0.15, -0.1) is 0 Å². The van der Waals surface area contributed by atoms with Crippen LogP contribution in [-0.4, -0.2) is 11.1 Å². The van der Waals surface area contributed by atoms with Crippen LogP contribution in [0.4, 0.5) is 0 Å². The maximum absolute atomic E-state index is 9.32. The SMILES string of the molecule is CC1CCC(NCc2cccc(O)c2)C1. The van der Waals surface area contributed by atoms with Crippen molar-refractivity contribution in [3.05, 3.63) is 29.8 Å². The summed E-state index contributed by atoms with van der Waals surface area (Å²) in [5.74, 6) is 1.22. The van der Waals surface area contributed by atoms with Gasteiger partial charge in [0, 0.05) is 12.6 Å². The number of aromatic hydroxyl groups is 1. The van der Waals surface area contributed by atoms with Crippen LogP contribution in [0, 0.1) is 5.92 Å². The number of hydrogen-bond donors (Lipinski definition) is 2. The molecule has 0 aromatic heterocycles. The lowest BCUT2D eigenvalue weighted by atomic mass is 10.1. The van der Waals surface area contributed by atoms with E-state index < -0.39 is 0 Å². The molecule has 82 valence electrons. The van der Waals surface area contributed by atoms with Crippen LogP contribution >= 0.6 is 0 Å². The van der Waals surface area contributed by atoms with E-state index in [1.54, 1.807) is 6.07 Å². The van der Waals surface area contributed by atoms with Gasteiger partial charge in [-0.25, -0.2) is 0 Å². The van der Waals surface area contributed by atoms with Crippen LogP contribution in [0.1, 0.15) is 31.7 Å². The Bertz CT molecular complexity index is 324. The third kappa shape index (κ3) is 2.96. The van der Waals surface area contributed by atoms with E-state index >= 15 is 0 Å². The number of nitrogens with one attached hydrogen (secondary N) is 1. The van der Waals surface area contributed by atoms with Crippen molar-refractivity contribution in [1.82, 2.24) is 5.32 Å². The molecule has 0 radical (unpaired) electrons. The van der Waals surface area contributed by atoms with E-state index in [4.69, 9.17) is 0 Å². The Morgan fingerprint density at radius 1 is 1.40 bits per heavy atom. The van der Waals surface area contributed by atoms with Crippen molar-refractivity contribution < 1.29 is 5.11 Å². The van der Waals surface area contributed by atoms with E-state index in [1.807, 2.05) is 18.2 Å². The molecule has 1 saturated carbocycles. The Kier molecular flexibility index (Phi) is 3.27. The fourth-order valence-electron chi connectivity index (χ4n) is 2.32. The highest BCUT2D eigenvalue weighted by atomic mass is 16.3. The lowest BCUT2D eigenvalue weighted by Crippen LogP contribution is -2.25. The zero-order valence-corrected chi connectivity index (χ0v) is 9.24. The second-order valence-electron chi connectivity index (χ2n) is 4.67. The fraction of sp³-hybridized carbons (Fsp3) is 0.538. The van der Waals surface area contributed by atoms with Crippen molar-refractivity contribution >= 4 is 0 Å². The number of phenolic OH excluding ortho intramolecular Hbond substituents is 1. The van der Waals surface area contributed by atoms with E-state index in [-0.39, 0.29) is 0 Å². The minimum atomic E-state index is 0.356. The Morgan fingerprint density at radius 3 is 2.93 bits per heavy atom. The summed E-state index contributed by atoms with van der Waals surface area (Å²) in [6.07, 6.45) is 3.93. The smallest absolute Gasteiger partial charge is 0.115 e. The molecule has 0 spiro atoms. The van der Waals surface area contributed by atoms with E-state index in [0.717, 1.165) is 18.0 Å². The number of rotatable bonds is 3. The zero-order chi connectivity index (χ0) is 10.7. The Balaban J connectivity index is 1.83. The third-order valence-electron chi connectivity index (χ3n) is 3.20. The molecule has 2 N–H and O–H groups in total. The summed E-state index contributed by atoms with van der Waals surface area (Å²) >= 11 is 0. The van der Waals surface area contributed by atoms with Crippen LogP contribution in [0.5, 0.6) is 5.75 Å². The first-order valence-corrected chi connectivity index (χ1v) is 5.75. The molecule has 2 unspecified atom stereocenters. The molecule has 0 saturated heterocycles. The highest BCUT2D eigenvalue weighted by Crippen LogP contribution is 2.24. The molecule has 2 heteroatoms. The first-order valence-electron chi connectivity index (χ1n) is 5.75. The number of phenols is 1. The average Bonchev–Trinajstić information content (AvgIpc) is 2.62. The molecule has 1 fully saturated rings. The standard InChI is InChI=1S/C13H19NO/c1-10-5-6-12(7-10)14-9-11-3-2-4-13(15)8-11/h2-4,8,10,12,14-15H,5-7,9H2,1H3. The number of hydrogen-bond acceptors (Lipinski definition) is 2. The van der Waals surface area contributed by atoms with Crippen molar-refractivity contribution in [2.45, 2.75) is 38.8 Å². The van der Waals surface area contributed by atoms with Crippen LogP contribution in [0.2, 0.25) is 0 Å². The highest BCUT2D eigenvalue weighted by Gasteiger charge is 2.20. The van der Waals surface area contributed by atoms with E-state index in [1.165, 1.54) is 19.3 Å². The zero-order valence-electron chi connectivity index (χ0n) is 9.24. The van der Waals surface area contributed by atoms with Crippen molar-refractivity contribution in [2.24, 2.45) is 5.92 Å². The normalized spacial score (nSPS) is 25.7. The largest absolute Gasteiger partial charge is 0.508 e. The molecular weight excluding hydrogens is 186 g/mol. The quantitative estimate of drug-likeness (QED) is 0.795. The van der Waals surface area contributed by atoms with Crippen molar-refractivity contribution in [1.29, 1.82) is 0 Å². The second-order valence-corrected chi connectivity index (χ2v) is 4.67. The Hall–Kier alpha value is -1.02. The summed E-state index contributed by atoms with van der Waals surface area (Å²) in [6.45, 7) is 3.18. The molecule has 0 bridgehead atoms. The molecule has 0 aliphatic heterocycles. The van der Waals surface area contributed by atoms with Gasteiger partial charge in [-0.3, -0.25) is 0 Å². The molecule has 2 atom stereocenters. The van der Waals surface area contributed by atoms with Crippen molar-refractivity contribution in [3.63, 3.8) is 0 Å². The second kappa shape index (κ2) is 4.67. The first kappa shape index (κ1) is 10.5. The summed E-state index contributed by atoms with van der Waals surface area (Å²) < 4.78 is 0. The highest BCUT2D eigenvalue weighted by molar-refractivity contribution is 5.26. The topological polar surface area (TPSA) is 32.3 Å². The molecule has 0 heterocycles. The van der Waals surface area contributed by atoms with E-state index in [0.29, 0.717) is 11.8 Å². The summed E-state index contributed by atoms with van der Waals surface area (Å²) in [5, 5.41) is 12.9.